The molecule has 0 N–H and O–H groups in total. The minimum absolute atomic E-state index is 0.0490. The van der Waals surface area contributed by atoms with Crippen LogP contribution in [0.25, 0.3) is 5.57 Å². The van der Waals surface area contributed by atoms with Crippen LogP contribution in [0.4, 0.5) is 39.5 Å². The summed E-state index contributed by atoms with van der Waals surface area (Å²) in [5, 5.41) is 12.9. The predicted molar refractivity (Wildman–Crippen MR) is 122 cm³/mol. The molecule has 0 saturated heterocycles. The fourth-order valence-corrected chi connectivity index (χ4v) is 4.74. The van der Waals surface area contributed by atoms with Gasteiger partial charge in [0, 0.05) is 10.5 Å². The summed E-state index contributed by atoms with van der Waals surface area (Å²) in [5.41, 5.74) is -0.358. The number of oxime groups is 1. The molecule has 16 heteroatoms. The standard InChI is InChI=1S/C23H13F9N2O3S2/c1-13-4-2-3-5-16(13)17(12-33)18-10-11-19(38-18)34-37-39(35,36)15-8-6-14(7-9-15)20(24,25)21(26,27)22(28,29)23(30,31)32/h2-11H,1H3/b18-17-,34-19+. The van der Waals surface area contributed by atoms with Gasteiger partial charge in [0.25, 0.3) is 0 Å². The summed E-state index contributed by atoms with van der Waals surface area (Å²) in [6.45, 7) is 1.77. The number of hydrogen-bond donors (Lipinski definition) is 0. The highest BCUT2D eigenvalue weighted by Crippen LogP contribution is 2.56. The summed E-state index contributed by atoms with van der Waals surface area (Å²) < 4.78 is 148. The molecule has 5 nitrogen and oxygen atoms in total. The van der Waals surface area contributed by atoms with E-state index in [0.29, 0.717) is 10.5 Å². The Balaban J connectivity index is 1.81. The minimum Gasteiger partial charge on any atom is -0.264 e. The molecule has 3 rings (SSSR count). The van der Waals surface area contributed by atoms with Gasteiger partial charge in [-0.3, -0.25) is 4.28 Å². The Morgan fingerprint density at radius 1 is 0.897 bits per heavy atom. The van der Waals surface area contributed by atoms with Crippen LogP contribution >= 0.6 is 11.8 Å². The van der Waals surface area contributed by atoms with Gasteiger partial charge in [-0.2, -0.15) is 53.2 Å². The van der Waals surface area contributed by atoms with E-state index in [-0.39, 0.29) is 34.9 Å². The number of hydrogen-bond acceptors (Lipinski definition) is 6. The molecular weight excluding hydrogens is 587 g/mol. The lowest BCUT2D eigenvalue weighted by atomic mass is 9.97. The van der Waals surface area contributed by atoms with Gasteiger partial charge in [0.2, 0.25) is 0 Å². The molecule has 2 aromatic carbocycles. The molecule has 1 heterocycles. The van der Waals surface area contributed by atoms with E-state index in [4.69, 9.17) is 0 Å². The Kier molecular flexibility index (Phi) is 7.92. The van der Waals surface area contributed by atoms with Crippen LogP contribution in [0.15, 0.2) is 75.6 Å². The summed E-state index contributed by atoms with van der Waals surface area (Å²) in [6, 6.07) is 9.34. The van der Waals surface area contributed by atoms with Crippen molar-refractivity contribution in [1.82, 2.24) is 0 Å². The molecular formula is C23H13F9N2O3S2. The number of rotatable bonds is 7. The van der Waals surface area contributed by atoms with Crippen LogP contribution < -0.4 is 0 Å². The van der Waals surface area contributed by atoms with E-state index >= 15 is 0 Å². The van der Waals surface area contributed by atoms with Crippen LogP contribution in [-0.4, -0.2) is 31.5 Å². The van der Waals surface area contributed by atoms with E-state index in [1.54, 1.807) is 31.2 Å². The topological polar surface area (TPSA) is 79.5 Å². The second kappa shape index (κ2) is 10.3. The number of alkyl halides is 9. The van der Waals surface area contributed by atoms with Gasteiger partial charge in [0.1, 0.15) is 16.0 Å². The predicted octanol–water partition coefficient (Wildman–Crippen LogP) is 7.18. The van der Waals surface area contributed by atoms with Crippen LogP contribution in [-0.2, 0) is 20.3 Å². The van der Waals surface area contributed by atoms with Gasteiger partial charge in [-0.25, -0.2) is 0 Å². The van der Waals surface area contributed by atoms with Crippen molar-refractivity contribution in [3.05, 3.63) is 82.3 Å². The average molecular weight is 600 g/mol. The first kappa shape index (κ1) is 30.1. The third-order valence-corrected chi connectivity index (χ3v) is 7.34. The number of allylic oxidation sites excluding steroid dienone is 2. The molecule has 0 bridgehead atoms. The summed E-state index contributed by atoms with van der Waals surface area (Å²) in [6.07, 6.45) is -4.23. The molecule has 0 amide bonds. The smallest absolute Gasteiger partial charge is 0.264 e. The second-order valence-corrected chi connectivity index (χ2v) is 10.4. The van der Waals surface area contributed by atoms with E-state index in [9.17, 15) is 53.2 Å². The lowest BCUT2D eigenvalue weighted by Gasteiger charge is -2.33. The first-order chi connectivity index (χ1) is 17.9. The lowest BCUT2D eigenvalue weighted by Crippen LogP contribution is -2.59. The molecule has 1 aliphatic rings. The van der Waals surface area contributed by atoms with Crippen LogP contribution in [0, 0.1) is 18.3 Å². The SMILES string of the molecule is Cc1ccccc1/C(C#N)=C1C=C/C(=N\OS(=O)(=O)c2ccc(C(F)(F)C(F)(F)C(F)(F)C(F)(F)F)cc2)S/1. The third-order valence-electron chi connectivity index (χ3n) is 5.24. The highest BCUT2D eigenvalue weighted by molar-refractivity contribution is 8.18. The molecule has 0 aliphatic carbocycles. The molecule has 2 aromatic rings. The maximum Gasteiger partial charge on any atom is 0.460 e. The number of nitrogens with zero attached hydrogens (tertiary/aromatic N) is 2. The Morgan fingerprint density at radius 2 is 1.49 bits per heavy atom. The Hall–Kier alpha value is -3.45. The molecule has 0 saturated carbocycles. The van der Waals surface area contributed by atoms with Crippen molar-refractivity contribution < 1.29 is 52.2 Å². The van der Waals surface area contributed by atoms with Crippen LogP contribution in [0.2, 0.25) is 0 Å². The van der Waals surface area contributed by atoms with Crippen molar-refractivity contribution in [2.45, 2.75) is 35.8 Å². The van der Waals surface area contributed by atoms with Gasteiger partial charge in [-0.05, 0) is 42.3 Å². The molecule has 0 fully saturated rings. The van der Waals surface area contributed by atoms with Crippen LogP contribution in [0.3, 0.4) is 0 Å². The van der Waals surface area contributed by atoms with Gasteiger partial charge < -0.3 is 0 Å². The van der Waals surface area contributed by atoms with Crippen molar-refractivity contribution >= 4 is 32.5 Å². The van der Waals surface area contributed by atoms with E-state index in [1.165, 1.54) is 12.2 Å². The molecule has 0 aromatic heterocycles. The monoisotopic (exact) mass is 600 g/mol. The van der Waals surface area contributed by atoms with Gasteiger partial charge in [-0.1, -0.05) is 53.3 Å². The van der Waals surface area contributed by atoms with Gasteiger partial charge in [0.05, 0.1) is 5.57 Å². The first-order valence-electron chi connectivity index (χ1n) is 10.3. The Morgan fingerprint density at radius 3 is 2.03 bits per heavy atom. The summed E-state index contributed by atoms with van der Waals surface area (Å²) in [7, 11) is -4.88. The Labute approximate surface area is 219 Å². The van der Waals surface area contributed by atoms with Crippen molar-refractivity contribution in [3.63, 3.8) is 0 Å². The molecule has 0 spiro atoms. The fourth-order valence-electron chi connectivity index (χ4n) is 3.13. The summed E-state index contributed by atoms with van der Waals surface area (Å²) >= 11 is 0.857. The number of halogens is 9. The molecule has 0 unspecified atom stereocenters. The van der Waals surface area contributed by atoms with Gasteiger partial charge >= 0.3 is 34.1 Å². The highest BCUT2D eigenvalue weighted by Gasteiger charge is 2.82. The van der Waals surface area contributed by atoms with Crippen molar-refractivity contribution in [2.24, 2.45) is 5.16 Å². The molecule has 39 heavy (non-hydrogen) atoms. The molecule has 0 radical (unpaired) electrons. The van der Waals surface area contributed by atoms with Crippen molar-refractivity contribution in [3.8, 4) is 6.07 Å². The van der Waals surface area contributed by atoms with Crippen molar-refractivity contribution in [1.29, 1.82) is 5.26 Å². The number of benzene rings is 2. The van der Waals surface area contributed by atoms with E-state index in [1.807, 2.05) is 6.07 Å². The van der Waals surface area contributed by atoms with Gasteiger partial charge in [0.15, 0.2) is 0 Å². The van der Waals surface area contributed by atoms with Crippen LogP contribution in [0.5, 0.6) is 0 Å². The zero-order valence-corrected chi connectivity index (χ0v) is 20.7. The fraction of sp³-hybridized carbons (Fsp3) is 0.217. The lowest BCUT2D eigenvalue weighted by molar-refractivity contribution is -0.399. The normalized spacial score (nSPS) is 17.3. The van der Waals surface area contributed by atoms with Crippen molar-refractivity contribution in [2.75, 3.05) is 0 Å². The first-order valence-corrected chi connectivity index (χ1v) is 12.5. The number of thioether (sulfide) groups is 1. The average Bonchev–Trinajstić information content (AvgIpc) is 3.32. The summed E-state index contributed by atoms with van der Waals surface area (Å²) in [5.74, 6) is -20.0. The number of aryl methyl sites for hydroxylation is 1. The van der Waals surface area contributed by atoms with E-state index < -0.39 is 44.5 Å². The minimum atomic E-state index is -7.10. The van der Waals surface area contributed by atoms with Crippen LogP contribution in [0.1, 0.15) is 16.7 Å². The van der Waals surface area contributed by atoms with E-state index in [2.05, 4.69) is 9.44 Å². The molecule has 0 atom stereocenters. The zero-order valence-electron chi connectivity index (χ0n) is 19.1. The largest absolute Gasteiger partial charge is 0.460 e. The third kappa shape index (κ3) is 5.50. The Bertz CT molecular complexity index is 1510. The molecule has 208 valence electrons. The summed E-state index contributed by atoms with van der Waals surface area (Å²) in [4.78, 5) is -0.549. The molecule has 1 aliphatic heterocycles. The second-order valence-electron chi connectivity index (χ2n) is 7.80. The maximum absolute atomic E-state index is 14.0. The van der Waals surface area contributed by atoms with E-state index in [0.717, 1.165) is 17.3 Å². The zero-order chi connectivity index (χ0) is 29.4. The number of nitriles is 1. The maximum atomic E-state index is 14.0. The van der Waals surface area contributed by atoms with Gasteiger partial charge in [-0.15, -0.1) is 0 Å². The quantitative estimate of drug-likeness (QED) is 0.191. The highest BCUT2D eigenvalue weighted by atomic mass is 32.2.